The molecule has 2 saturated carbocycles. The van der Waals surface area contributed by atoms with Crippen molar-refractivity contribution in [1.82, 2.24) is 16.0 Å². The number of benzene rings is 1. The van der Waals surface area contributed by atoms with Gasteiger partial charge in [-0.2, -0.15) is 8.78 Å². The zero-order valence-electron chi connectivity index (χ0n) is 17.1. The van der Waals surface area contributed by atoms with Crippen molar-refractivity contribution < 1.29 is 18.3 Å². The van der Waals surface area contributed by atoms with Crippen LogP contribution in [0, 0.1) is 5.92 Å². The molecule has 0 bridgehead atoms. The fourth-order valence-electron chi connectivity index (χ4n) is 3.67. The summed E-state index contributed by atoms with van der Waals surface area (Å²) in [5.74, 6) is 0.801. The SMILES string of the molecule is CCNC(=NCc1cc(Cl)ccc1OC(F)F)NC1CCCC(C(=O)NC2CC2)C1. The van der Waals surface area contributed by atoms with Gasteiger partial charge in [0.1, 0.15) is 5.75 Å². The molecule has 0 spiro atoms. The van der Waals surface area contributed by atoms with Gasteiger partial charge in [0.05, 0.1) is 6.54 Å². The van der Waals surface area contributed by atoms with E-state index in [0.29, 0.717) is 29.1 Å². The van der Waals surface area contributed by atoms with Crippen LogP contribution in [0.15, 0.2) is 23.2 Å². The van der Waals surface area contributed by atoms with Gasteiger partial charge in [0.15, 0.2) is 5.96 Å². The van der Waals surface area contributed by atoms with Crippen LogP contribution in [0.2, 0.25) is 5.02 Å². The Labute approximate surface area is 180 Å². The van der Waals surface area contributed by atoms with Gasteiger partial charge in [-0.25, -0.2) is 4.99 Å². The van der Waals surface area contributed by atoms with Gasteiger partial charge in [-0.3, -0.25) is 4.79 Å². The third-order valence-corrected chi connectivity index (χ3v) is 5.53. The molecule has 2 aliphatic carbocycles. The average Bonchev–Trinajstić information content (AvgIpc) is 3.52. The van der Waals surface area contributed by atoms with Gasteiger partial charge in [0.2, 0.25) is 5.91 Å². The molecule has 0 saturated heterocycles. The number of aliphatic imine (C=N–C) groups is 1. The smallest absolute Gasteiger partial charge is 0.387 e. The molecule has 30 heavy (non-hydrogen) atoms. The van der Waals surface area contributed by atoms with Crippen LogP contribution < -0.4 is 20.7 Å². The number of halogens is 3. The quantitative estimate of drug-likeness (QED) is 0.422. The summed E-state index contributed by atoms with van der Waals surface area (Å²) >= 11 is 6.01. The second kappa shape index (κ2) is 10.8. The Hall–Kier alpha value is -2.09. The largest absolute Gasteiger partial charge is 0.434 e. The maximum atomic E-state index is 12.7. The van der Waals surface area contributed by atoms with E-state index in [2.05, 4.69) is 25.7 Å². The van der Waals surface area contributed by atoms with Gasteiger partial charge in [0, 0.05) is 35.1 Å². The highest BCUT2D eigenvalue weighted by Gasteiger charge is 2.31. The first-order valence-electron chi connectivity index (χ1n) is 10.5. The fourth-order valence-corrected chi connectivity index (χ4v) is 3.86. The lowest BCUT2D eigenvalue weighted by Gasteiger charge is -2.30. The molecular weight excluding hydrogens is 414 g/mol. The third-order valence-electron chi connectivity index (χ3n) is 5.30. The minimum atomic E-state index is -2.92. The van der Waals surface area contributed by atoms with Crippen LogP contribution in [0.25, 0.3) is 0 Å². The van der Waals surface area contributed by atoms with E-state index in [0.717, 1.165) is 38.5 Å². The van der Waals surface area contributed by atoms with Gasteiger partial charge >= 0.3 is 6.61 Å². The van der Waals surface area contributed by atoms with Crippen molar-refractivity contribution in [2.75, 3.05) is 6.54 Å². The van der Waals surface area contributed by atoms with E-state index in [1.165, 1.54) is 12.1 Å². The maximum absolute atomic E-state index is 12.7. The van der Waals surface area contributed by atoms with Gasteiger partial charge in [-0.05, 0) is 57.2 Å². The number of hydrogen-bond donors (Lipinski definition) is 3. The molecular formula is C21H29ClF2N4O2. The lowest BCUT2D eigenvalue weighted by atomic mass is 9.85. The predicted molar refractivity (Wildman–Crippen MR) is 113 cm³/mol. The highest BCUT2D eigenvalue weighted by Crippen LogP contribution is 2.27. The molecule has 9 heteroatoms. The van der Waals surface area contributed by atoms with Crippen molar-refractivity contribution in [1.29, 1.82) is 0 Å². The normalized spacial score (nSPS) is 22.0. The number of carbonyl (C=O) groups is 1. The molecule has 2 aliphatic rings. The Balaban J connectivity index is 1.63. The van der Waals surface area contributed by atoms with Crippen LogP contribution in [0.5, 0.6) is 5.75 Å². The first-order chi connectivity index (χ1) is 14.4. The Bertz CT molecular complexity index is 759. The summed E-state index contributed by atoms with van der Waals surface area (Å²) in [5.41, 5.74) is 0.477. The Kier molecular flexibility index (Phi) is 8.13. The molecule has 2 atom stereocenters. The summed E-state index contributed by atoms with van der Waals surface area (Å²) in [5, 5.41) is 10.1. The highest BCUT2D eigenvalue weighted by atomic mass is 35.5. The van der Waals surface area contributed by atoms with E-state index < -0.39 is 6.61 Å². The van der Waals surface area contributed by atoms with Crippen LogP contribution in [-0.4, -0.2) is 37.1 Å². The van der Waals surface area contributed by atoms with Crippen molar-refractivity contribution >= 4 is 23.5 Å². The van der Waals surface area contributed by atoms with E-state index in [-0.39, 0.29) is 30.2 Å². The van der Waals surface area contributed by atoms with Crippen LogP contribution in [0.4, 0.5) is 8.78 Å². The van der Waals surface area contributed by atoms with E-state index in [1.54, 1.807) is 6.07 Å². The van der Waals surface area contributed by atoms with Crippen LogP contribution >= 0.6 is 11.6 Å². The van der Waals surface area contributed by atoms with Crippen molar-refractivity contribution in [3.05, 3.63) is 28.8 Å². The molecule has 0 aromatic heterocycles. The Morgan fingerprint density at radius 3 is 2.73 bits per heavy atom. The zero-order valence-corrected chi connectivity index (χ0v) is 17.9. The monoisotopic (exact) mass is 442 g/mol. The summed E-state index contributed by atoms with van der Waals surface area (Å²) in [7, 11) is 0. The molecule has 1 amide bonds. The molecule has 0 radical (unpaired) electrons. The number of nitrogens with one attached hydrogen (secondary N) is 3. The second-order valence-electron chi connectivity index (χ2n) is 7.81. The third kappa shape index (κ3) is 7.00. The van der Waals surface area contributed by atoms with Gasteiger partial charge in [0.25, 0.3) is 0 Å². The average molecular weight is 443 g/mol. The summed E-state index contributed by atoms with van der Waals surface area (Å²) in [6.07, 6.45) is 5.74. The number of alkyl halides is 2. The first-order valence-corrected chi connectivity index (χ1v) is 10.9. The molecule has 2 fully saturated rings. The van der Waals surface area contributed by atoms with E-state index >= 15 is 0 Å². The molecule has 3 rings (SSSR count). The van der Waals surface area contributed by atoms with Crippen LogP contribution in [0.1, 0.15) is 51.0 Å². The fraction of sp³-hybridized carbons (Fsp3) is 0.619. The van der Waals surface area contributed by atoms with Crippen molar-refractivity contribution in [3.63, 3.8) is 0 Å². The summed E-state index contributed by atoms with van der Waals surface area (Å²) < 4.78 is 29.9. The number of nitrogens with zero attached hydrogens (tertiary/aromatic N) is 1. The van der Waals surface area contributed by atoms with E-state index in [4.69, 9.17) is 11.6 Å². The summed E-state index contributed by atoms with van der Waals surface area (Å²) in [6.45, 7) is -0.174. The zero-order chi connectivity index (χ0) is 21.5. The first kappa shape index (κ1) is 22.6. The Morgan fingerprint density at radius 2 is 2.03 bits per heavy atom. The Morgan fingerprint density at radius 1 is 1.23 bits per heavy atom. The van der Waals surface area contributed by atoms with Crippen molar-refractivity contribution in [2.24, 2.45) is 10.9 Å². The maximum Gasteiger partial charge on any atom is 0.387 e. The standard InChI is InChI=1S/C21H29ClF2N4O2/c1-2-25-21(26-12-14-10-15(22)6-9-18(14)30-20(23)24)28-17-5-3-4-13(11-17)19(29)27-16-7-8-16/h6,9-10,13,16-17,20H,2-5,7-8,11-12H2,1H3,(H,27,29)(H2,25,26,28). The minimum absolute atomic E-state index is 0.0127. The molecule has 6 nitrogen and oxygen atoms in total. The van der Waals surface area contributed by atoms with E-state index in [9.17, 15) is 13.6 Å². The molecule has 3 N–H and O–H groups in total. The predicted octanol–water partition coefficient (Wildman–Crippen LogP) is 3.83. The number of guanidine groups is 1. The van der Waals surface area contributed by atoms with Gasteiger partial charge < -0.3 is 20.7 Å². The van der Waals surface area contributed by atoms with E-state index in [1.807, 2.05) is 6.92 Å². The summed E-state index contributed by atoms with van der Waals surface area (Å²) in [4.78, 5) is 16.9. The van der Waals surface area contributed by atoms with Crippen LogP contribution in [0.3, 0.4) is 0 Å². The number of ether oxygens (including phenoxy) is 1. The minimum Gasteiger partial charge on any atom is -0.434 e. The second-order valence-corrected chi connectivity index (χ2v) is 8.25. The number of hydrogen-bond acceptors (Lipinski definition) is 3. The highest BCUT2D eigenvalue weighted by molar-refractivity contribution is 6.30. The van der Waals surface area contributed by atoms with Crippen molar-refractivity contribution in [2.45, 2.75) is 70.7 Å². The number of rotatable bonds is 8. The molecule has 166 valence electrons. The topological polar surface area (TPSA) is 74.8 Å². The van der Waals surface area contributed by atoms with Crippen LogP contribution in [-0.2, 0) is 11.3 Å². The van der Waals surface area contributed by atoms with Gasteiger partial charge in [-0.15, -0.1) is 0 Å². The molecule has 2 unspecified atom stereocenters. The molecule has 0 heterocycles. The summed E-state index contributed by atoms with van der Waals surface area (Å²) in [6, 6.07) is 4.99. The molecule has 0 aliphatic heterocycles. The lowest BCUT2D eigenvalue weighted by molar-refractivity contribution is -0.126. The molecule has 1 aromatic rings. The molecule has 1 aromatic carbocycles. The lowest BCUT2D eigenvalue weighted by Crippen LogP contribution is -2.47. The van der Waals surface area contributed by atoms with Gasteiger partial charge in [-0.1, -0.05) is 18.0 Å². The number of amides is 1. The number of carbonyl (C=O) groups excluding carboxylic acids is 1. The van der Waals surface area contributed by atoms with Crippen molar-refractivity contribution in [3.8, 4) is 5.75 Å².